The van der Waals surface area contributed by atoms with E-state index >= 15 is 0 Å². The second-order valence-corrected chi connectivity index (χ2v) is 7.61. The minimum absolute atomic E-state index is 0.306. The Balaban J connectivity index is 1.69. The summed E-state index contributed by atoms with van der Waals surface area (Å²) < 4.78 is 5.11. The van der Waals surface area contributed by atoms with Gasteiger partial charge in [-0.05, 0) is 25.1 Å². The van der Waals surface area contributed by atoms with E-state index in [0.717, 1.165) is 26.3 Å². The van der Waals surface area contributed by atoms with Crippen molar-refractivity contribution in [3.63, 3.8) is 0 Å². The van der Waals surface area contributed by atoms with Crippen LogP contribution in [0.2, 0.25) is 10.0 Å². The molecule has 9 heteroatoms. The molecule has 3 aromatic rings. The van der Waals surface area contributed by atoms with Crippen LogP contribution in [0.25, 0.3) is 10.2 Å². The Morgan fingerprint density at radius 3 is 2.92 bits per heavy atom. The summed E-state index contributed by atoms with van der Waals surface area (Å²) in [5, 5.41) is 5.16. The van der Waals surface area contributed by atoms with Crippen LogP contribution >= 0.6 is 34.5 Å². The van der Waals surface area contributed by atoms with Gasteiger partial charge in [-0.25, -0.2) is 14.8 Å². The Bertz CT molecular complexity index is 1010. The molecule has 134 valence electrons. The van der Waals surface area contributed by atoms with Crippen molar-refractivity contribution in [2.45, 2.75) is 20.0 Å². The summed E-state index contributed by atoms with van der Waals surface area (Å²) in [4.78, 5) is 24.5. The highest BCUT2D eigenvalue weighted by atomic mass is 35.5. The van der Waals surface area contributed by atoms with Crippen LogP contribution in [0.1, 0.15) is 17.4 Å². The van der Waals surface area contributed by atoms with Gasteiger partial charge in [0.2, 0.25) is 0 Å². The van der Waals surface area contributed by atoms with Crippen LogP contribution in [0.4, 0.5) is 16.3 Å². The Hall–Kier alpha value is -2.09. The van der Waals surface area contributed by atoms with E-state index in [9.17, 15) is 4.79 Å². The second-order valence-electron chi connectivity index (χ2n) is 5.72. The molecule has 0 fully saturated rings. The van der Waals surface area contributed by atoms with Gasteiger partial charge in [-0.1, -0.05) is 23.2 Å². The molecule has 0 saturated carbocycles. The average Bonchev–Trinajstić information content (AvgIpc) is 3.16. The molecule has 2 aromatic heterocycles. The molecule has 0 atom stereocenters. The number of thiophene rings is 1. The SMILES string of the molecule is CCOC(=O)N1Cc2sc3ncnc(Nc4ccc(Cl)c(Cl)c4)c3c2C1. The van der Waals surface area contributed by atoms with Crippen molar-refractivity contribution in [1.82, 2.24) is 14.9 Å². The van der Waals surface area contributed by atoms with Gasteiger partial charge in [-0.15, -0.1) is 11.3 Å². The van der Waals surface area contributed by atoms with Crippen molar-refractivity contribution in [2.24, 2.45) is 0 Å². The lowest BCUT2D eigenvalue weighted by molar-refractivity contribution is 0.107. The molecule has 1 aliphatic rings. The lowest BCUT2D eigenvalue weighted by Gasteiger charge is -2.15. The van der Waals surface area contributed by atoms with Gasteiger partial charge in [0.1, 0.15) is 17.0 Å². The zero-order valence-corrected chi connectivity index (χ0v) is 16.1. The highest BCUT2D eigenvalue weighted by Gasteiger charge is 2.30. The smallest absolute Gasteiger partial charge is 0.410 e. The van der Waals surface area contributed by atoms with Crippen LogP contribution in [0.3, 0.4) is 0 Å². The number of benzene rings is 1. The summed E-state index contributed by atoms with van der Waals surface area (Å²) >= 11 is 13.6. The van der Waals surface area contributed by atoms with Gasteiger partial charge < -0.3 is 10.1 Å². The molecular formula is C17H14Cl2N4O2S. The normalized spacial score (nSPS) is 13.1. The topological polar surface area (TPSA) is 67.3 Å². The summed E-state index contributed by atoms with van der Waals surface area (Å²) in [6.07, 6.45) is 1.22. The first-order valence-electron chi connectivity index (χ1n) is 7.96. The highest BCUT2D eigenvalue weighted by molar-refractivity contribution is 7.19. The van der Waals surface area contributed by atoms with E-state index in [1.807, 2.05) is 6.07 Å². The Labute approximate surface area is 163 Å². The fraction of sp³-hybridized carbons (Fsp3) is 0.235. The molecule has 3 heterocycles. The molecule has 6 nitrogen and oxygen atoms in total. The summed E-state index contributed by atoms with van der Waals surface area (Å²) in [5.41, 5.74) is 1.83. The van der Waals surface area contributed by atoms with Crippen LogP contribution in [0.15, 0.2) is 24.5 Å². The van der Waals surface area contributed by atoms with E-state index in [-0.39, 0.29) is 6.09 Å². The van der Waals surface area contributed by atoms with E-state index in [2.05, 4.69) is 15.3 Å². The van der Waals surface area contributed by atoms with Gasteiger partial charge in [0.15, 0.2) is 0 Å². The number of amides is 1. The lowest BCUT2D eigenvalue weighted by atomic mass is 10.2. The number of nitrogens with one attached hydrogen (secondary N) is 1. The van der Waals surface area contributed by atoms with Crippen LogP contribution in [0, 0.1) is 0 Å². The fourth-order valence-corrected chi connectivity index (χ4v) is 4.36. The number of carbonyl (C=O) groups is 1. The molecule has 0 unspecified atom stereocenters. The summed E-state index contributed by atoms with van der Waals surface area (Å²) in [7, 11) is 0. The van der Waals surface area contributed by atoms with Gasteiger partial charge in [0, 0.05) is 16.1 Å². The minimum Gasteiger partial charge on any atom is -0.450 e. The third kappa shape index (κ3) is 3.06. The maximum Gasteiger partial charge on any atom is 0.410 e. The van der Waals surface area contributed by atoms with E-state index < -0.39 is 0 Å². The first-order valence-corrected chi connectivity index (χ1v) is 9.53. The molecule has 1 aromatic carbocycles. The third-order valence-corrected chi connectivity index (χ3v) is 5.93. The standard InChI is InChI=1S/C17H14Cl2N4O2S/c1-2-25-17(24)23-6-10-13(7-23)26-16-14(10)15(20-8-21-16)22-9-3-4-11(18)12(19)5-9/h3-5,8H,2,6-7H2,1H3,(H,20,21,22). The van der Waals surface area contributed by atoms with Crippen molar-refractivity contribution < 1.29 is 9.53 Å². The molecule has 1 amide bonds. The number of hydrogen-bond donors (Lipinski definition) is 1. The van der Waals surface area contributed by atoms with Crippen molar-refractivity contribution in [1.29, 1.82) is 0 Å². The fourth-order valence-electron chi connectivity index (χ4n) is 2.90. The monoisotopic (exact) mass is 408 g/mol. The number of fused-ring (bicyclic) bond motifs is 3. The lowest BCUT2D eigenvalue weighted by Crippen LogP contribution is -2.26. The second kappa shape index (κ2) is 6.90. The average molecular weight is 409 g/mol. The van der Waals surface area contributed by atoms with Crippen molar-refractivity contribution in [3.05, 3.63) is 45.0 Å². The van der Waals surface area contributed by atoms with Gasteiger partial charge in [-0.3, -0.25) is 4.90 Å². The maximum atomic E-state index is 12.0. The van der Waals surface area contributed by atoms with Crippen molar-refractivity contribution >= 4 is 62.4 Å². The van der Waals surface area contributed by atoms with Crippen molar-refractivity contribution in [3.8, 4) is 0 Å². The van der Waals surface area contributed by atoms with Crippen LogP contribution < -0.4 is 5.32 Å². The number of rotatable bonds is 3. The molecule has 0 aliphatic carbocycles. The van der Waals surface area contributed by atoms with Gasteiger partial charge >= 0.3 is 6.09 Å². The number of halogens is 2. The number of carbonyl (C=O) groups excluding carboxylic acids is 1. The maximum absolute atomic E-state index is 12.0. The molecule has 1 aliphatic heterocycles. The Morgan fingerprint density at radius 1 is 1.31 bits per heavy atom. The zero-order chi connectivity index (χ0) is 18.3. The molecule has 26 heavy (non-hydrogen) atoms. The van der Waals surface area contributed by atoms with E-state index in [1.165, 1.54) is 6.33 Å². The number of ether oxygens (including phenoxy) is 1. The Kier molecular flexibility index (Phi) is 4.60. The van der Waals surface area contributed by atoms with E-state index in [1.54, 1.807) is 35.3 Å². The molecule has 0 radical (unpaired) electrons. The first-order chi connectivity index (χ1) is 12.6. The third-order valence-electron chi connectivity index (χ3n) is 4.06. The molecule has 1 N–H and O–H groups in total. The van der Waals surface area contributed by atoms with E-state index in [0.29, 0.717) is 35.6 Å². The largest absolute Gasteiger partial charge is 0.450 e. The van der Waals surface area contributed by atoms with Crippen LogP contribution in [0.5, 0.6) is 0 Å². The highest BCUT2D eigenvalue weighted by Crippen LogP contribution is 2.40. The molecular weight excluding hydrogens is 395 g/mol. The van der Waals surface area contributed by atoms with Gasteiger partial charge in [-0.2, -0.15) is 0 Å². The molecule has 0 spiro atoms. The summed E-state index contributed by atoms with van der Waals surface area (Å²) in [6, 6.07) is 5.31. The minimum atomic E-state index is -0.306. The molecule has 0 saturated heterocycles. The van der Waals surface area contributed by atoms with Crippen molar-refractivity contribution in [2.75, 3.05) is 11.9 Å². The number of nitrogens with zero attached hydrogens (tertiary/aromatic N) is 3. The molecule has 4 rings (SSSR count). The summed E-state index contributed by atoms with van der Waals surface area (Å²) in [6.45, 7) is 3.17. The van der Waals surface area contributed by atoms with E-state index in [4.69, 9.17) is 27.9 Å². The predicted octanol–water partition coefficient (Wildman–Crippen LogP) is 5.21. The Morgan fingerprint density at radius 2 is 2.15 bits per heavy atom. The van der Waals surface area contributed by atoms with Crippen LogP contribution in [-0.4, -0.2) is 27.6 Å². The van der Waals surface area contributed by atoms with Gasteiger partial charge in [0.25, 0.3) is 0 Å². The summed E-state index contributed by atoms with van der Waals surface area (Å²) in [5.74, 6) is 0.677. The first kappa shape index (κ1) is 17.3. The van der Waals surface area contributed by atoms with Gasteiger partial charge in [0.05, 0.1) is 35.1 Å². The molecule has 0 bridgehead atoms. The predicted molar refractivity (Wildman–Crippen MR) is 103 cm³/mol. The number of hydrogen-bond acceptors (Lipinski definition) is 6. The zero-order valence-electron chi connectivity index (χ0n) is 13.8. The number of aromatic nitrogens is 2. The number of anilines is 2. The van der Waals surface area contributed by atoms with Crippen LogP contribution in [-0.2, 0) is 17.8 Å². The quantitative estimate of drug-likeness (QED) is 0.643.